The third kappa shape index (κ3) is 3.73. The summed E-state index contributed by atoms with van der Waals surface area (Å²) >= 11 is 5.76. The van der Waals surface area contributed by atoms with E-state index in [0.717, 1.165) is 0 Å². The fourth-order valence-electron chi connectivity index (χ4n) is 2.22. The Labute approximate surface area is 147 Å². The molecule has 3 aromatic rings. The van der Waals surface area contributed by atoms with Crippen molar-refractivity contribution in [3.8, 4) is 17.6 Å². The summed E-state index contributed by atoms with van der Waals surface area (Å²) in [5, 5.41) is 9.85. The van der Waals surface area contributed by atoms with Crippen LogP contribution in [0.5, 0.6) is 11.5 Å². The molecule has 0 radical (unpaired) electrons. The summed E-state index contributed by atoms with van der Waals surface area (Å²) in [6.45, 7) is 0. The number of hydrogen-bond donors (Lipinski definition) is 0. The van der Waals surface area contributed by atoms with Gasteiger partial charge in [0.15, 0.2) is 11.6 Å². The van der Waals surface area contributed by atoms with Crippen molar-refractivity contribution in [3.63, 3.8) is 0 Å². The zero-order chi connectivity index (χ0) is 17.8. The number of rotatable bonds is 4. The smallest absolute Gasteiger partial charge is 0.168 e. The molecule has 0 saturated carbocycles. The molecule has 0 N–H and O–H groups in total. The molecule has 0 amide bonds. The molecular formula is C18H10ClF2N3O. The maximum absolute atomic E-state index is 14.3. The summed E-state index contributed by atoms with van der Waals surface area (Å²) in [6.07, 6.45) is 2.71. The number of halogens is 3. The Morgan fingerprint density at radius 1 is 1.04 bits per heavy atom. The molecule has 0 spiro atoms. The lowest BCUT2D eigenvalue weighted by molar-refractivity contribution is 0.434. The normalized spacial score (nSPS) is 11.6. The van der Waals surface area contributed by atoms with Crippen molar-refractivity contribution in [1.82, 2.24) is 9.97 Å². The second-order valence-corrected chi connectivity index (χ2v) is 5.47. The van der Waals surface area contributed by atoms with Gasteiger partial charge in [-0.1, -0.05) is 23.7 Å². The molecule has 0 fully saturated rings. The van der Waals surface area contributed by atoms with Gasteiger partial charge in [0.05, 0.1) is 11.1 Å². The zero-order valence-electron chi connectivity index (χ0n) is 12.7. The van der Waals surface area contributed by atoms with Gasteiger partial charge in [0.1, 0.15) is 23.3 Å². The van der Waals surface area contributed by atoms with Gasteiger partial charge in [-0.3, -0.25) is 0 Å². The van der Waals surface area contributed by atoms with Gasteiger partial charge in [0.2, 0.25) is 0 Å². The number of nitriles is 1. The van der Waals surface area contributed by atoms with Crippen molar-refractivity contribution in [2.75, 3.05) is 0 Å². The van der Waals surface area contributed by atoms with Gasteiger partial charge >= 0.3 is 0 Å². The van der Waals surface area contributed by atoms with Crippen LogP contribution in [0, 0.1) is 23.0 Å². The Bertz CT molecular complexity index is 925. The largest absolute Gasteiger partial charge is 0.454 e. The van der Waals surface area contributed by atoms with Crippen LogP contribution in [-0.4, -0.2) is 9.97 Å². The molecule has 1 heterocycles. The van der Waals surface area contributed by atoms with Gasteiger partial charge in [0, 0.05) is 18.0 Å². The molecule has 3 rings (SSSR count). The highest BCUT2D eigenvalue weighted by Gasteiger charge is 2.23. The number of benzene rings is 2. The zero-order valence-corrected chi connectivity index (χ0v) is 13.4. The molecule has 0 aliphatic rings. The highest BCUT2D eigenvalue weighted by atomic mass is 35.5. The Hall–Kier alpha value is -3.04. The van der Waals surface area contributed by atoms with E-state index in [9.17, 15) is 14.0 Å². The number of aromatic nitrogens is 2. The van der Waals surface area contributed by atoms with Gasteiger partial charge in [0.25, 0.3) is 0 Å². The van der Waals surface area contributed by atoms with E-state index < -0.39 is 17.6 Å². The van der Waals surface area contributed by atoms with Crippen molar-refractivity contribution in [1.29, 1.82) is 5.26 Å². The second kappa shape index (κ2) is 7.24. The molecular weight excluding hydrogens is 348 g/mol. The fourth-order valence-corrected chi connectivity index (χ4v) is 2.32. The van der Waals surface area contributed by atoms with Gasteiger partial charge < -0.3 is 4.74 Å². The maximum atomic E-state index is 14.3. The molecule has 1 unspecified atom stereocenters. The van der Waals surface area contributed by atoms with Crippen LogP contribution in [0.4, 0.5) is 8.78 Å². The van der Waals surface area contributed by atoms with Crippen LogP contribution in [0.25, 0.3) is 0 Å². The highest BCUT2D eigenvalue weighted by molar-refractivity contribution is 6.30. The van der Waals surface area contributed by atoms with E-state index in [0.29, 0.717) is 5.02 Å². The molecule has 2 aromatic carbocycles. The van der Waals surface area contributed by atoms with Gasteiger partial charge in [-0.25, -0.2) is 18.7 Å². The SMILES string of the molecule is N#CC(c1ncc(Cl)cn1)c1cccc(F)c1Oc1ccc(F)cc1. The summed E-state index contributed by atoms with van der Waals surface area (Å²) in [5.74, 6) is -1.79. The number of hydrogen-bond acceptors (Lipinski definition) is 4. The predicted octanol–water partition coefficient (Wildman–Crippen LogP) is 4.86. The Morgan fingerprint density at radius 3 is 2.36 bits per heavy atom. The summed E-state index contributed by atoms with van der Waals surface area (Å²) in [6, 6.07) is 11.4. The van der Waals surface area contributed by atoms with Gasteiger partial charge in [-0.05, 0) is 30.3 Å². The molecule has 1 aromatic heterocycles. The molecule has 0 aliphatic carbocycles. The molecule has 0 aliphatic heterocycles. The predicted molar refractivity (Wildman–Crippen MR) is 87.4 cm³/mol. The van der Waals surface area contributed by atoms with Crippen LogP contribution in [0.2, 0.25) is 5.02 Å². The molecule has 1 atom stereocenters. The number of ether oxygens (including phenoxy) is 1. The third-order valence-electron chi connectivity index (χ3n) is 3.37. The number of para-hydroxylation sites is 1. The summed E-state index contributed by atoms with van der Waals surface area (Å²) in [4.78, 5) is 8.04. The molecule has 124 valence electrons. The van der Waals surface area contributed by atoms with Crippen LogP contribution in [0.15, 0.2) is 54.9 Å². The minimum absolute atomic E-state index is 0.140. The van der Waals surface area contributed by atoms with E-state index in [4.69, 9.17) is 16.3 Å². The fraction of sp³-hybridized carbons (Fsp3) is 0.0556. The Morgan fingerprint density at radius 2 is 1.72 bits per heavy atom. The molecule has 0 bridgehead atoms. The van der Waals surface area contributed by atoms with E-state index >= 15 is 0 Å². The molecule has 4 nitrogen and oxygen atoms in total. The molecule has 7 heteroatoms. The third-order valence-corrected chi connectivity index (χ3v) is 3.56. The van der Waals surface area contributed by atoms with Crippen LogP contribution in [0.3, 0.4) is 0 Å². The minimum Gasteiger partial charge on any atom is -0.454 e. The Kier molecular flexibility index (Phi) is 4.87. The quantitative estimate of drug-likeness (QED) is 0.669. The summed E-state index contributed by atoms with van der Waals surface area (Å²) < 4.78 is 32.9. The Balaban J connectivity index is 2.03. The van der Waals surface area contributed by atoms with E-state index in [2.05, 4.69) is 9.97 Å². The van der Waals surface area contributed by atoms with Crippen LogP contribution in [0.1, 0.15) is 17.3 Å². The van der Waals surface area contributed by atoms with Crippen molar-refractivity contribution < 1.29 is 13.5 Å². The first-order valence-electron chi connectivity index (χ1n) is 7.17. The second-order valence-electron chi connectivity index (χ2n) is 5.04. The van der Waals surface area contributed by atoms with Gasteiger partial charge in [-0.15, -0.1) is 0 Å². The van der Waals surface area contributed by atoms with Gasteiger partial charge in [-0.2, -0.15) is 5.26 Å². The maximum Gasteiger partial charge on any atom is 0.168 e. The topological polar surface area (TPSA) is 58.8 Å². The van der Waals surface area contributed by atoms with Crippen molar-refractivity contribution in [2.24, 2.45) is 0 Å². The average molecular weight is 358 g/mol. The van der Waals surface area contributed by atoms with E-state index in [-0.39, 0.29) is 22.9 Å². The molecule has 25 heavy (non-hydrogen) atoms. The van der Waals surface area contributed by atoms with E-state index in [1.54, 1.807) is 6.07 Å². The first kappa shape index (κ1) is 16.8. The molecule has 0 saturated heterocycles. The van der Waals surface area contributed by atoms with Crippen LogP contribution in [-0.2, 0) is 0 Å². The van der Waals surface area contributed by atoms with Crippen LogP contribution >= 0.6 is 11.6 Å². The lowest BCUT2D eigenvalue weighted by Crippen LogP contribution is -2.06. The first-order chi connectivity index (χ1) is 12.1. The van der Waals surface area contributed by atoms with Crippen molar-refractivity contribution in [3.05, 3.63) is 82.9 Å². The van der Waals surface area contributed by atoms with Crippen molar-refractivity contribution >= 4 is 11.6 Å². The summed E-state index contributed by atoms with van der Waals surface area (Å²) in [7, 11) is 0. The average Bonchev–Trinajstić information content (AvgIpc) is 2.61. The highest BCUT2D eigenvalue weighted by Crippen LogP contribution is 2.35. The van der Waals surface area contributed by atoms with E-state index in [1.807, 2.05) is 6.07 Å². The monoisotopic (exact) mass is 357 g/mol. The number of nitrogens with zero attached hydrogens (tertiary/aromatic N) is 3. The van der Waals surface area contributed by atoms with Crippen LogP contribution < -0.4 is 4.74 Å². The minimum atomic E-state index is -0.955. The summed E-state index contributed by atoms with van der Waals surface area (Å²) in [5.41, 5.74) is 0.258. The lowest BCUT2D eigenvalue weighted by atomic mass is 9.98. The van der Waals surface area contributed by atoms with Crippen molar-refractivity contribution in [2.45, 2.75) is 5.92 Å². The first-order valence-corrected chi connectivity index (χ1v) is 7.55. The standard InChI is InChI=1S/C18H10ClF2N3O/c19-11-9-23-18(24-10-11)15(8-22)14-2-1-3-16(21)17(14)25-13-6-4-12(20)5-7-13/h1-7,9-10,15H. The lowest BCUT2D eigenvalue weighted by Gasteiger charge is -2.15. The van der Waals surface area contributed by atoms with E-state index in [1.165, 1.54) is 48.8 Å².